The first kappa shape index (κ1) is 12.3. The molecule has 0 spiro atoms. The predicted octanol–water partition coefficient (Wildman–Crippen LogP) is 1.67. The fraction of sp³-hybridized carbons (Fsp3) is 0.0714. The second kappa shape index (κ2) is 5.10. The topological polar surface area (TPSA) is 96.7 Å². The molecule has 1 amide bonds. The maximum atomic E-state index is 12.0. The quantitative estimate of drug-likeness (QED) is 0.672. The van der Waals surface area contributed by atoms with Crippen molar-refractivity contribution >= 4 is 22.9 Å². The Labute approximate surface area is 115 Å². The largest absolute Gasteiger partial charge is 0.326 e. The number of aromatic nitrogens is 3. The van der Waals surface area contributed by atoms with E-state index in [4.69, 9.17) is 5.73 Å². The van der Waals surface area contributed by atoms with Crippen molar-refractivity contribution in [3.8, 4) is 0 Å². The van der Waals surface area contributed by atoms with Crippen LogP contribution in [0.4, 0.5) is 5.95 Å². The first-order valence-electron chi connectivity index (χ1n) is 6.17. The third kappa shape index (κ3) is 2.36. The molecule has 3 rings (SSSR count). The summed E-state index contributed by atoms with van der Waals surface area (Å²) in [4.78, 5) is 23.4. The van der Waals surface area contributed by atoms with Gasteiger partial charge in [0.2, 0.25) is 5.95 Å². The summed E-state index contributed by atoms with van der Waals surface area (Å²) in [5.41, 5.74) is 8.36. The SMILES string of the molecule is NCc1ccc(C(=O)Nc2nc3ccccc3[nH]2)nc1. The number of para-hydroxylation sites is 2. The number of benzene rings is 1. The number of hydrogen-bond donors (Lipinski definition) is 3. The van der Waals surface area contributed by atoms with E-state index in [0.717, 1.165) is 16.6 Å². The van der Waals surface area contributed by atoms with E-state index >= 15 is 0 Å². The molecule has 20 heavy (non-hydrogen) atoms. The minimum Gasteiger partial charge on any atom is -0.326 e. The first-order chi connectivity index (χ1) is 9.76. The average molecular weight is 267 g/mol. The van der Waals surface area contributed by atoms with E-state index in [1.807, 2.05) is 24.3 Å². The van der Waals surface area contributed by atoms with Gasteiger partial charge in [0.25, 0.3) is 5.91 Å². The molecule has 3 aromatic rings. The number of carbonyl (C=O) groups is 1. The molecular weight excluding hydrogens is 254 g/mol. The summed E-state index contributed by atoms with van der Waals surface area (Å²) in [7, 11) is 0. The fourth-order valence-corrected chi connectivity index (χ4v) is 1.86. The van der Waals surface area contributed by atoms with Crippen LogP contribution in [0.25, 0.3) is 11.0 Å². The van der Waals surface area contributed by atoms with Crippen LogP contribution in [0.3, 0.4) is 0 Å². The van der Waals surface area contributed by atoms with Gasteiger partial charge in [-0.3, -0.25) is 15.1 Å². The number of fused-ring (bicyclic) bond motifs is 1. The minimum absolute atomic E-state index is 0.312. The van der Waals surface area contributed by atoms with Gasteiger partial charge < -0.3 is 10.7 Å². The maximum Gasteiger partial charge on any atom is 0.276 e. The number of carbonyl (C=O) groups excluding carboxylic acids is 1. The van der Waals surface area contributed by atoms with Crippen molar-refractivity contribution in [1.29, 1.82) is 0 Å². The van der Waals surface area contributed by atoms with E-state index in [1.54, 1.807) is 18.3 Å². The number of amides is 1. The summed E-state index contributed by atoms with van der Waals surface area (Å²) < 4.78 is 0. The number of anilines is 1. The number of imidazole rings is 1. The van der Waals surface area contributed by atoms with Crippen LogP contribution in [0.2, 0.25) is 0 Å². The molecule has 0 saturated carbocycles. The van der Waals surface area contributed by atoms with Gasteiger partial charge in [-0.15, -0.1) is 0 Å². The van der Waals surface area contributed by atoms with Gasteiger partial charge in [0, 0.05) is 12.7 Å². The first-order valence-corrected chi connectivity index (χ1v) is 6.17. The van der Waals surface area contributed by atoms with Crippen molar-refractivity contribution in [2.75, 3.05) is 5.32 Å². The Hall–Kier alpha value is -2.73. The number of nitrogens with one attached hydrogen (secondary N) is 2. The highest BCUT2D eigenvalue weighted by molar-refractivity contribution is 6.02. The van der Waals surface area contributed by atoms with Crippen LogP contribution in [0.1, 0.15) is 16.1 Å². The van der Waals surface area contributed by atoms with E-state index in [9.17, 15) is 4.79 Å². The van der Waals surface area contributed by atoms with Crippen LogP contribution in [0.5, 0.6) is 0 Å². The number of H-pyrrole nitrogens is 1. The Balaban J connectivity index is 1.80. The highest BCUT2D eigenvalue weighted by Gasteiger charge is 2.10. The van der Waals surface area contributed by atoms with E-state index in [2.05, 4.69) is 20.3 Å². The number of hydrogen-bond acceptors (Lipinski definition) is 4. The molecule has 2 heterocycles. The Morgan fingerprint density at radius 1 is 1.25 bits per heavy atom. The molecule has 2 aromatic heterocycles. The summed E-state index contributed by atoms with van der Waals surface area (Å²) >= 11 is 0. The molecule has 0 radical (unpaired) electrons. The number of nitrogens with two attached hydrogens (primary N) is 1. The minimum atomic E-state index is -0.312. The molecular formula is C14H13N5O. The Morgan fingerprint density at radius 3 is 2.80 bits per heavy atom. The third-order valence-corrected chi connectivity index (χ3v) is 2.91. The summed E-state index contributed by atoms with van der Waals surface area (Å²) in [6, 6.07) is 11.0. The van der Waals surface area contributed by atoms with Crippen LogP contribution in [0.15, 0.2) is 42.6 Å². The summed E-state index contributed by atoms with van der Waals surface area (Å²) in [6.45, 7) is 0.401. The molecule has 100 valence electrons. The third-order valence-electron chi connectivity index (χ3n) is 2.91. The zero-order valence-electron chi connectivity index (χ0n) is 10.6. The molecule has 0 atom stereocenters. The molecule has 0 saturated heterocycles. The maximum absolute atomic E-state index is 12.0. The van der Waals surface area contributed by atoms with Gasteiger partial charge in [0.05, 0.1) is 11.0 Å². The van der Waals surface area contributed by atoms with Crippen LogP contribution in [0, 0.1) is 0 Å². The molecule has 0 bridgehead atoms. The van der Waals surface area contributed by atoms with Crippen molar-refractivity contribution in [3.05, 3.63) is 53.9 Å². The second-order valence-electron chi connectivity index (χ2n) is 4.31. The van der Waals surface area contributed by atoms with Gasteiger partial charge in [-0.05, 0) is 23.8 Å². The molecule has 1 aromatic carbocycles. The van der Waals surface area contributed by atoms with E-state index in [1.165, 1.54) is 0 Å². The van der Waals surface area contributed by atoms with Crippen molar-refractivity contribution in [2.45, 2.75) is 6.54 Å². The monoisotopic (exact) mass is 267 g/mol. The molecule has 4 N–H and O–H groups in total. The molecule has 6 heteroatoms. The summed E-state index contributed by atoms with van der Waals surface area (Å²) in [5.74, 6) is 0.0912. The molecule has 6 nitrogen and oxygen atoms in total. The Morgan fingerprint density at radius 2 is 2.10 bits per heavy atom. The van der Waals surface area contributed by atoms with Crippen molar-refractivity contribution in [2.24, 2.45) is 5.73 Å². The van der Waals surface area contributed by atoms with Crippen molar-refractivity contribution < 1.29 is 4.79 Å². The van der Waals surface area contributed by atoms with Crippen molar-refractivity contribution in [3.63, 3.8) is 0 Å². The van der Waals surface area contributed by atoms with E-state index < -0.39 is 0 Å². The predicted molar refractivity (Wildman–Crippen MR) is 76.2 cm³/mol. The summed E-state index contributed by atoms with van der Waals surface area (Å²) in [5, 5.41) is 2.69. The van der Waals surface area contributed by atoms with Crippen molar-refractivity contribution in [1.82, 2.24) is 15.0 Å². The molecule has 0 aliphatic rings. The van der Waals surface area contributed by atoms with Gasteiger partial charge in [-0.1, -0.05) is 18.2 Å². The van der Waals surface area contributed by atoms with Crippen LogP contribution < -0.4 is 11.1 Å². The smallest absolute Gasteiger partial charge is 0.276 e. The fourth-order valence-electron chi connectivity index (χ4n) is 1.86. The van der Waals surface area contributed by atoms with Gasteiger partial charge in [0.15, 0.2) is 0 Å². The van der Waals surface area contributed by atoms with E-state index in [0.29, 0.717) is 18.2 Å². The van der Waals surface area contributed by atoms with Gasteiger partial charge in [-0.25, -0.2) is 4.98 Å². The normalized spacial score (nSPS) is 10.7. The highest BCUT2D eigenvalue weighted by atomic mass is 16.2. The molecule has 0 unspecified atom stereocenters. The van der Waals surface area contributed by atoms with E-state index in [-0.39, 0.29) is 5.91 Å². The lowest BCUT2D eigenvalue weighted by Gasteiger charge is -2.01. The standard InChI is InChI=1S/C14H13N5O/c15-7-9-5-6-12(16-8-9)13(20)19-14-17-10-3-1-2-4-11(10)18-14/h1-6,8H,7,15H2,(H2,17,18,19,20). The Kier molecular flexibility index (Phi) is 3.14. The van der Waals surface area contributed by atoms with Crippen LogP contribution >= 0.6 is 0 Å². The zero-order valence-corrected chi connectivity index (χ0v) is 10.6. The zero-order chi connectivity index (χ0) is 13.9. The molecule has 0 aliphatic heterocycles. The highest BCUT2D eigenvalue weighted by Crippen LogP contribution is 2.13. The summed E-state index contributed by atoms with van der Waals surface area (Å²) in [6.07, 6.45) is 1.59. The van der Waals surface area contributed by atoms with Crippen LogP contribution in [-0.2, 0) is 6.54 Å². The lowest BCUT2D eigenvalue weighted by molar-refractivity contribution is 0.102. The average Bonchev–Trinajstić information content (AvgIpc) is 2.89. The molecule has 0 aliphatic carbocycles. The lowest BCUT2D eigenvalue weighted by atomic mass is 10.2. The number of rotatable bonds is 3. The van der Waals surface area contributed by atoms with Crippen LogP contribution in [-0.4, -0.2) is 20.9 Å². The van der Waals surface area contributed by atoms with Gasteiger partial charge >= 0.3 is 0 Å². The van der Waals surface area contributed by atoms with Gasteiger partial charge in [-0.2, -0.15) is 0 Å². The Bertz CT molecular complexity index is 715. The van der Waals surface area contributed by atoms with Gasteiger partial charge in [0.1, 0.15) is 5.69 Å². The second-order valence-corrected chi connectivity index (χ2v) is 4.31. The number of aromatic amines is 1. The number of pyridine rings is 1. The molecule has 0 fully saturated rings. The number of nitrogens with zero attached hydrogens (tertiary/aromatic N) is 2. The lowest BCUT2D eigenvalue weighted by Crippen LogP contribution is -2.14.